The molecule has 0 atom stereocenters. The predicted octanol–water partition coefficient (Wildman–Crippen LogP) is 2.18. The average molecular weight is 255 g/mol. The summed E-state index contributed by atoms with van der Waals surface area (Å²) in [6, 6.07) is 0.833. The van der Waals surface area contributed by atoms with Gasteiger partial charge in [-0.1, -0.05) is 13.3 Å². The summed E-state index contributed by atoms with van der Waals surface area (Å²) in [4.78, 5) is 5.04. The SMILES string of the molecule is CCCNCCCCCN(C)C1CCN(C)CC1. The van der Waals surface area contributed by atoms with E-state index in [2.05, 4.69) is 36.1 Å². The van der Waals surface area contributed by atoms with Crippen LogP contribution in [0.1, 0.15) is 45.4 Å². The predicted molar refractivity (Wildman–Crippen MR) is 80.2 cm³/mol. The third kappa shape index (κ3) is 6.72. The van der Waals surface area contributed by atoms with Crippen molar-refractivity contribution < 1.29 is 0 Å². The summed E-state index contributed by atoms with van der Waals surface area (Å²) in [7, 11) is 4.55. The van der Waals surface area contributed by atoms with Gasteiger partial charge in [0.2, 0.25) is 0 Å². The van der Waals surface area contributed by atoms with Gasteiger partial charge in [0, 0.05) is 6.04 Å². The molecule has 1 rings (SSSR count). The molecule has 0 radical (unpaired) electrons. The summed E-state index contributed by atoms with van der Waals surface area (Å²) in [6.07, 6.45) is 8.01. The highest BCUT2D eigenvalue weighted by Crippen LogP contribution is 2.14. The van der Waals surface area contributed by atoms with E-state index in [-0.39, 0.29) is 0 Å². The Bertz CT molecular complexity index is 188. The Morgan fingerprint density at radius 3 is 2.50 bits per heavy atom. The van der Waals surface area contributed by atoms with Gasteiger partial charge in [-0.25, -0.2) is 0 Å². The molecule has 0 saturated carbocycles. The maximum Gasteiger partial charge on any atom is 0.0117 e. The van der Waals surface area contributed by atoms with Crippen molar-refractivity contribution in [1.29, 1.82) is 0 Å². The van der Waals surface area contributed by atoms with E-state index < -0.39 is 0 Å². The smallest absolute Gasteiger partial charge is 0.0117 e. The van der Waals surface area contributed by atoms with Crippen molar-refractivity contribution >= 4 is 0 Å². The van der Waals surface area contributed by atoms with Crippen LogP contribution in [0, 0.1) is 0 Å². The maximum atomic E-state index is 3.47. The van der Waals surface area contributed by atoms with Gasteiger partial charge in [-0.2, -0.15) is 0 Å². The van der Waals surface area contributed by atoms with Gasteiger partial charge in [-0.3, -0.25) is 0 Å². The second kappa shape index (κ2) is 9.76. The summed E-state index contributed by atoms with van der Waals surface area (Å²) in [5.41, 5.74) is 0. The van der Waals surface area contributed by atoms with Crippen LogP contribution in [0.25, 0.3) is 0 Å². The number of hydrogen-bond donors (Lipinski definition) is 1. The number of unbranched alkanes of at least 4 members (excludes halogenated alkanes) is 2. The molecule has 0 aromatic rings. The highest BCUT2D eigenvalue weighted by atomic mass is 15.2. The number of hydrogen-bond acceptors (Lipinski definition) is 3. The zero-order valence-electron chi connectivity index (χ0n) is 12.7. The van der Waals surface area contributed by atoms with Crippen molar-refractivity contribution in [3.63, 3.8) is 0 Å². The lowest BCUT2D eigenvalue weighted by Gasteiger charge is -2.35. The lowest BCUT2D eigenvalue weighted by atomic mass is 10.0. The third-order valence-electron chi connectivity index (χ3n) is 4.10. The van der Waals surface area contributed by atoms with Crippen LogP contribution >= 0.6 is 0 Å². The Kier molecular flexibility index (Phi) is 8.64. The molecule has 1 aliphatic rings. The van der Waals surface area contributed by atoms with E-state index in [4.69, 9.17) is 0 Å². The number of rotatable bonds is 9. The molecule has 0 amide bonds. The quantitative estimate of drug-likeness (QED) is 0.637. The van der Waals surface area contributed by atoms with Crippen molar-refractivity contribution in [2.45, 2.75) is 51.5 Å². The largest absolute Gasteiger partial charge is 0.317 e. The molecule has 1 saturated heterocycles. The molecule has 1 heterocycles. The van der Waals surface area contributed by atoms with Gasteiger partial charge < -0.3 is 15.1 Å². The first-order valence-electron chi connectivity index (χ1n) is 7.83. The van der Waals surface area contributed by atoms with Crippen LogP contribution in [0.4, 0.5) is 0 Å². The third-order valence-corrected chi connectivity index (χ3v) is 4.10. The van der Waals surface area contributed by atoms with Gasteiger partial charge in [0.05, 0.1) is 0 Å². The van der Waals surface area contributed by atoms with E-state index in [1.54, 1.807) is 0 Å². The topological polar surface area (TPSA) is 18.5 Å². The molecule has 1 N–H and O–H groups in total. The number of piperidine rings is 1. The minimum absolute atomic E-state index is 0.833. The van der Waals surface area contributed by atoms with Crippen LogP contribution in [0.2, 0.25) is 0 Å². The second-order valence-electron chi connectivity index (χ2n) is 5.83. The Labute approximate surface area is 114 Å². The minimum Gasteiger partial charge on any atom is -0.317 e. The minimum atomic E-state index is 0.833. The standard InChI is InChI=1S/C15H33N3/c1-4-10-16-11-6-5-7-12-18(3)15-8-13-17(2)14-9-15/h15-16H,4-14H2,1-3H3. The van der Waals surface area contributed by atoms with Crippen LogP contribution in [0.5, 0.6) is 0 Å². The summed E-state index contributed by atoms with van der Waals surface area (Å²) in [5, 5.41) is 3.47. The molecule has 0 aromatic carbocycles. The van der Waals surface area contributed by atoms with E-state index in [1.165, 1.54) is 71.2 Å². The summed E-state index contributed by atoms with van der Waals surface area (Å²) < 4.78 is 0. The molecule has 1 fully saturated rings. The maximum absolute atomic E-state index is 3.47. The van der Waals surface area contributed by atoms with Gasteiger partial charge in [0.25, 0.3) is 0 Å². The van der Waals surface area contributed by atoms with E-state index >= 15 is 0 Å². The fourth-order valence-electron chi connectivity index (χ4n) is 2.71. The first-order valence-corrected chi connectivity index (χ1v) is 7.83. The number of likely N-dealkylation sites (tertiary alicyclic amines) is 1. The summed E-state index contributed by atoms with van der Waals surface area (Å²) >= 11 is 0. The van der Waals surface area contributed by atoms with Crippen molar-refractivity contribution in [3.8, 4) is 0 Å². The van der Waals surface area contributed by atoms with Gasteiger partial charge in [0.1, 0.15) is 0 Å². The zero-order chi connectivity index (χ0) is 13.2. The summed E-state index contributed by atoms with van der Waals surface area (Å²) in [5.74, 6) is 0. The fraction of sp³-hybridized carbons (Fsp3) is 1.00. The molecule has 0 spiro atoms. The fourth-order valence-corrected chi connectivity index (χ4v) is 2.71. The molecule has 0 aromatic heterocycles. The molecule has 3 heteroatoms. The Balaban J connectivity index is 1.95. The molecule has 18 heavy (non-hydrogen) atoms. The van der Waals surface area contributed by atoms with Crippen molar-refractivity contribution in [2.75, 3.05) is 46.8 Å². The Morgan fingerprint density at radius 1 is 1.11 bits per heavy atom. The van der Waals surface area contributed by atoms with E-state index in [9.17, 15) is 0 Å². The first kappa shape index (κ1) is 15.9. The lowest BCUT2D eigenvalue weighted by Crippen LogP contribution is -2.42. The van der Waals surface area contributed by atoms with Gasteiger partial charge >= 0.3 is 0 Å². The van der Waals surface area contributed by atoms with Crippen LogP contribution in [-0.4, -0.2) is 62.7 Å². The van der Waals surface area contributed by atoms with Crippen molar-refractivity contribution in [1.82, 2.24) is 15.1 Å². The molecule has 0 aliphatic carbocycles. The molecule has 3 nitrogen and oxygen atoms in total. The molecule has 108 valence electrons. The molecule has 1 aliphatic heterocycles. The molecular weight excluding hydrogens is 222 g/mol. The normalized spacial score (nSPS) is 18.7. The van der Waals surface area contributed by atoms with Crippen molar-refractivity contribution in [3.05, 3.63) is 0 Å². The van der Waals surface area contributed by atoms with E-state index in [0.29, 0.717) is 0 Å². The lowest BCUT2D eigenvalue weighted by molar-refractivity contribution is 0.142. The first-order chi connectivity index (χ1) is 8.74. The van der Waals surface area contributed by atoms with E-state index in [0.717, 1.165) is 6.04 Å². The van der Waals surface area contributed by atoms with Crippen LogP contribution < -0.4 is 5.32 Å². The van der Waals surface area contributed by atoms with Crippen LogP contribution in [-0.2, 0) is 0 Å². The highest BCUT2D eigenvalue weighted by molar-refractivity contribution is 4.76. The average Bonchev–Trinajstić information content (AvgIpc) is 2.38. The Morgan fingerprint density at radius 2 is 1.83 bits per heavy atom. The van der Waals surface area contributed by atoms with Crippen LogP contribution in [0.15, 0.2) is 0 Å². The second-order valence-corrected chi connectivity index (χ2v) is 5.83. The number of nitrogens with one attached hydrogen (secondary N) is 1. The van der Waals surface area contributed by atoms with E-state index in [1.807, 2.05) is 0 Å². The van der Waals surface area contributed by atoms with Crippen LogP contribution in [0.3, 0.4) is 0 Å². The van der Waals surface area contributed by atoms with Crippen molar-refractivity contribution in [2.24, 2.45) is 0 Å². The zero-order valence-corrected chi connectivity index (χ0v) is 12.7. The van der Waals surface area contributed by atoms with Gasteiger partial charge in [0.15, 0.2) is 0 Å². The van der Waals surface area contributed by atoms with Gasteiger partial charge in [-0.15, -0.1) is 0 Å². The molecule has 0 unspecified atom stereocenters. The molecule has 0 bridgehead atoms. The molecular formula is C15H33N3. The Hall–Kier alpha value is -0.120. The van der Waals surface area contributed by atoms with Gasteiger partial charge in [-0.05, 0) is 78.9 Å². The monoisotopic (exact) mass is 255 g/mol. The number of nitrogens with zero attached hydrogens (tertiary/aromatic N) is 2. The summed E-state index contributed by atoms with van der Waals surface area (Å²) in [6.45, 7) is 8.43. The highest BCUT2D eigenvalue weighted by Gasteiger charge is 2.19.